The van der Waals surface area contributed by atoms with Gasteiger partial charge in [-0.2, -0.15) is 0 Å². The minimum atomic E-state index is 0.0710. The van der Waals surface area contributed by atoms with E-state index in [-0.39, 0.29) is 6.04 Å². The van der Waals surface area contributed by atoms with E-state index < -0.39 is 0 Å². The molecular weight excluding hydrogens is 378 g/mol. The Labute approximate surface area is 176 Å². The predicted octanol–water partition coefficient (Wildman–Crippen LogP) is 4.28. The highest BCUT2D eigenvalue weighted by molar-refractivity contribution is 5.53. The van der Waals surface area contributed by atoms with Crippen LogP contribution in [0.25, 0.3) is 0 Å². The first kappa shape index (κ1) is 18.8. The van der Waals surface area contributed by atoms with Crippen LogP contribution in [0, 0.1) is 0 Å². The van der Waals surface area contributed by atoms with Crippen molar-refractivity contribution in [3.8, 4) is 23.0 Å². The molecule has 0 radical (unpaired) electrons. The smallest absolute Gasteiger partial charge is 0.161 e. The molecule has 0 saturated heterocycles. The van der Waals surface area contributed by atoms with Crippen molar-refractivity contribution < 1.29 is 18.9 Å². The maximum absolute atomic E-state index is 6.02. The van der Waals surface area contributed by atoms with Crippen LogP contribution in [-0.4, -0.2) is 26.9 Å². The fourth-order valence-electron chi connectivity index (χ4n) is 4.11. The molecule has 0 saturated carbocycles. The van der Waals surface area contributed by atoms with Crippen LogP contribution in [0.2, 0.25) is 0 Å². The summed E-state index contributed by atoms with van der Waals surface area (Å²) >= 11 is 0. The lowest BCUT2D eigenvalue weighted by Gasteiger charge is -2.30. The topological polar surface area (TPSA) is 49.0 Å². The van der Waals surface area contributed by atoms with E-state index in [2.05, 4.69) is 41.7 Å². The highest BCUT2D eigenvalue weighted by atomic mass is 16.6. The Bertz CT molecular complexity index is 1030. The van der Waals surface area contributed by atoms with Crippen molar-refractivity contribution >= 4 is 0 Å². The fraction of sp³-hybridized carbons (Fsp3) is 0.280. The molecule has 2 heterocycles. The summed E-state index contributed by atoms with van der Waals surface area (Å²) in [6, 6.07) is 20.6. The van der Waals surface area contributed by atoms with E-state index in [0.717, 1.165) is 47.1 Å². The number of nitrogens with one attached hydrogen (secondary N) is 1. The van der Waals surface area contributed by atoms with Crippen molar-refractivity contribution in [1.29, 1.82) is 0 Å². The van der Waals surface area contributed by atoms with Gasteiger partial charge >= 0.3 is 0 Å². The van der Waals surface area contributed by atoms with E-state index in [0.29, 0.717) is 19.8 Å². The number of ether oxygens (including phenoxy) is 4. The lowest BCUT2D eigenvalue weighted by molar-refractivity contribution is 0.171. The molecule has 30 heavy (non-hydrogen) atoms. The van der Waals surface area contributed by atoms with Gasteiger partial charge in [0.15, 0.2) is 23.0 Å². The van der Waals surface area contributed by atoms with Crippen molar-refractivity contribution in [2.75, 3.05) is 26.9 Å². The van der Waals surface area contributed by atoms with E-state index in [1.54, 1.807) is 7.11 Å². The molecule has 0 aliphatic carbocycles. The maximum atomic E-state index is 6.02. The lowest BCUT2D eigenvalue weighted by atomic mass is 9.89. The molecule has 2 aliphatic rings. The standard InChI is InChI=1S/C25H25NO4/c1-27-22-14-19(7-8-21(22)30-16-17-5-3-2-4-6-17)25-20-15-24-23(28-11-12-29-24)13-18(20)9-10-26-25/h2-8,13-15,25-26H,9-12,16H2,1H3. The molecule has 5 heteroatoms. The molecule has 3 aromatic carbocycles. The van der Waals surface area contributed by atoms with E-state index in [4.69, 9.17) is 18.9 Å². The third-order valence-electron chi connectivity index (χ3n) is 5.62. The molecule has 1 N–H and O–H groups in total. The Morgan fingerprint density at radius 1 is 0.933 bits per heavy atom. The van der Waals surface area contributed by atoms with Crippen LogP contribution >= 0.6 is 0 Å². The van der Waals surface area contributed by atoms with E-state index in [9.17, 15) is 0 Å². The largest absolute Gasteiger partial charge is 0.493 e. The Morgan fingerprint density at radius 3 is 2.53 bits per heavy atom. The molecule has 1 unspecified atom stereocenters. The SMILES string of the molecule is COc1cc(C2NCCc3cc4c(cc32)OCCO4)ccc1OCc1ccccc1. The van der Waals surface area contributed by atoms with Crippen LogP contribution < -0.4 is 24.3 Å². The molecular formula is C25H25NO4. The van der Waals surface area contributed by atoms with Crippen molar-refractivity contribution in [1.82, 2.24) is 5.32 Å². The summed E-state index contributed by atoms with van der Waals surface area (Å²) in [6.45, 7) is 2.61. The maximum Gasteiger partial charge on any atom is 0.161 e. The van der Waals surface area contributed by atoms with Gasteiger partial charge in [0.05, 0.1) is 13.2 Å². The first-order valence-corrected chi connectivity index (χ1v) is 10.3. The van der Waals surface area contributed by atoms with Gasteiger partial charge in [-0.25, -0.2) is 0 Å². The number of hydrogen-bond donors (Lipinski definition) is 1. The molecule has 0 aromatic heterocycles. The average Bonchev–Trinajstić information content (AvgIpc) is 2.81. The summed E-state index contributed by atoms with van der Waals surface area (Å²) in [7, 11) is 1.68. The van der Waals surface area contributed by atoms with Gasteiger partial charge < -0.3 is 24.3 Å². The fourth-order valence-corrected chi connectivity index (χ4v) is 4.11. The molecule has 5 nitrogen and oxygen atoms in total. The normalized spacial score (nSPS) is 17.2. The zero-order valence-corrected chi connectivity index (χ0v) is 17.0. The van der Waals surface area contributed by atoms with Crippen molar-refractivity contribution in [2.24, 2.45) is 0 Å². The van der Waals surface area contributed by atoms with Crippen molar-refractivity contribution in [3.05, 3.63) is 82.9 Å². The van der Waals surface area contributed by atoms with Gasteiger partial charge in [-0.3, -0.25) is 0 Å². The van der Waals surface area contributed by atoms with Crippen LogP contribution in [0.4, 0.5) is 0 Å². The van der Waals surface area contributed by atoms with Gasteiger partial charge in [-0.1, -0.05) is 36.4 Å². The molecule has 0 amide bonds. The third-order valence-corrected chi connectivity index (χ3v) is 5.62. The van der Waals surface area contributed by atoms with E-state index in [1.807, 2.05) is 24.3 Å². The summed E-state index contributed by atoms with van der Waals surface area (Å²) in [5, 5.41) is 3.63. The average molecular weight is 403 g/mol. The number of fused-ring (bicyclic) bond motifs is 2. The third kappa shape index (κ3) is 3.68. The molecule has 154 valence electrons. The van der Waals surface area contributed by atoms with E-state index >= 15 is 0 Å². The Hall–Kier alpha value is -3.18. The summed E-state index contributed by atoms with van der Waals surface area (Å²) in [4.78, 5) is 0. The lowest BCUT2D eigenvalue weighted by Crippen LogP contribution is -2.31. The number of methoxy groups -OCH3 is 1. The van der Waals surface area contributed by atoms with Gasteiger partial charge in [-0.05, 0) is 52.9 Å². The first-order valence-electron chi connectivity index (χ1n) is 10.3. The monoisotopic (exact) mass is 403 g/mol. The van der Waals surface area contributed by atoms with Crippen molar-refractivity contribution in [2.45, 2.75) is 19.1 Å². The van der Waals surface area contributed by atoms with Crippen LogP contribution in [0.15, 0.2) is 60.7 Å². The van der Waals surface area contributed by atoms with Gasteiger partial charge in [0.1, 0.15) is 19.8 Å². The Kier molecular flexibility index (Phi) is 5.20. The zero-order chi connectivity index (χ0) is 20.3. The molecule has 0 fully saturated rings. The summed E-state index contributed by atoms with van der Waals surface area (Å²) in [5.74, 6) is 3.14. The molecule has 0 spiro atoms. The summed E-state index contributed by atoms with van der Waals surface area (Å²) in [5.41, 5.74) is 4.78. The molecule has 3 aromatic rings. The second-order valence-electron chi connectivity index (χ2n) is 7.52. The summed E-state index contributed by atoms with van der Waals surface area (Å²) in [6.07, 6.45) is 0.970. The van der Waals surface area contributed by atoms with Crippen LogP contribution in [0.3, 0.4) is 0 Å². The minimum absolute atomic E-state index is 0.0710. The second-order valence-corrected chi connectivity index (χ2v) is 7.52. The summed E-state index contributed by atoms with van der Waals surface area (Å²) < 4.78 is 23.2. The van der Waals surface area contributed by atoms with Crippen LogP contribution in [0.5, 0.6) is 23.0 Å². The Balaban J connectivity index is 1.42. The quantitative estimate of drug-likeness (QED) is 0.689. The predicted molar refractivity (Wildman–Crippen MR) is 115 cm³/mol. The molecule has 1 atom stereocenters. The van der Waals surface area contributed by atoms with Crippen LogP contribution in [0.1, 0.15) is 28.3 Å². The number of rotatable bonds is 5. The highest BCUT2D eigenvalue weighted by Gasteiger charge is 2.26. The Morgan fingerprint density at radius 2 is 1.73 bits per heavy atom. The van der Waals surface area contributed by atoms with E-state index in [1.165, 1.54) is 11.1 Å². The van der Waals surface area contributed by atoms with Crippen LogP contribution in [-0.2, 0) is 13.0 Å². The first-order chi connectivity index (χ1) is 14.8. The van der Waals surface area contributed by atoms with Gasteiger partial charge in [0.25, 0.3) is 0 Å². The zero-order valence-electron chi connectivity index (χ0n) is 17.0. The van der Waals surface area contributed by atoms with Gasteiger partial charge in [0, 0.05) is 6.54 Å². The van der Waals surface area contributed by atoms with Crippen molar-refractivity contribution in [3.63, 3.8) is 0 Å². The van der Waals surface area contributed by atoms with Gasteiger partial charge in [-0.15, -0.1) is 0 Å². The number of benzene rings is 3. The molecule has 5 rings (SSSR count). The highest BCUT2D eigenvalue weighted by Crippen LogP contribution is 2.40. The number of hydrogen-bond acceptors (Lipinski definition) is 5. The van der Waals surface area contributed by atoms with Gasteiger partial charge in [0.2, 0.25) is 0 Å². The minimum Gasteiger partial charge on any atom is -0.493 e. The molecule has 2 aliphatic heterocycles. The molecule has 0 bridgehead atoms. The second kappa shape index (κ2) is 8.28.